The zero-order chi connectivity index (χ0) is 12.6. The number of nitrogens with one attached hydrogen (secondary N) is 1. The lowest BCUT2D eigenvalue weighted by Gasteiger charge is -2.34. The highest BCUT2D eigenvalue weighted by molar-refractivity contribution is 4.82. The smallest absolute Gasteiger partial charge is 0.0808 e. The Bertz CT molecular complexity index is 217. The molecule has 0 amide bonds. The van der Waals surface area contributed by atoms with Crippen LogP contribution in [0, 0.1) is 0 Å². The predicted molar refractivity (Wildman–Crippen MR) is 73.9 cm³/mol. The van der Waals surface area contributed by atoms with Crippen LogP contribution in [0.15, 0.2) is 0 Å². The molecule has 0 aromatic rings. The second kappa shape index (κ2) is 8.13. The van der Waals surface area contributed by atoms with Crippen molar-refractivity contribution in [3.63, 3.8) is 0 Å². The molecule has 1 saturated heterocycles. The van der Waals surface area contributed by atoms with Crippen LogP contribution in [-0.4, -0.2) is 38.0 Å². The summed E-state index contributed by atoms with van der Waals surface area (Å²) in [6.45, 7) is 5.07. The minimum absolute atomic E-state index is 0.354. The van der Waals surface area contributed by atoms with Gasteiger partial charge in [-0.3, -0.25) is 0 Å². The maximum absolute atomic E-state index is 6.14. The Hall–Kier alpha value is -0.120. The fourth-order valence-electron chi connectivity index (χ4n) is 3.03. The first-order valence-corrected chi connectivity index (χ1v) is 7.86. The van der Waals surface area contributed by atoms with Crippen LogP contribution < -0.4 is 5.32 Å². The van der Waals surface area contributed by atoms with Gasteiger partial charge in [-0.15, -0.1) is 0 Å². The fraction of sp³-hybridized carbons (Fsp3) is 1.00. The van der Waals surface area contributed by atoms with Crippen molar-refractivity contribution in [3.05, 3.63) is 0 Å². The van der Waals surface area contributed by atoms with E-state index < -0.39 is 0 Å². The van der Waals surface area contributed by atoms with E-state index in [1.807, 2.05) is 0 Å². The van der Waals surface area contributed by atoms with Gasteiger partial charge >= 0.3 is 0 Å². The van der Waals surface area contributed by atoms with Gasteiger partial charge in [-0.2, -0.15) is 0 Å². The molecule has 3 heteroatoms. The molecule has 1 aliphatic carbocycles. The highest BCUT2D eigenvalue weighted by Gasteiger charge is 2.26. The van der Waals surface area contributed by atoms with Gasteiger partial charge in [-0.1, -0.05) is 19.8 Å². The van der Waals surface area contributed by atoms with Crippen LogP contribution in [0.2, 0.25) is 0 Å². The minimum atomic E-state index is 0.354. The average molecular weight is 255 g/mol. The van der Waals surface area contributed by atoms with Gasteiger partial charge in [0.15, 0.2) is 0 Å². The number of ether oxygens (including phenoxy) is 2. The molecule has 2 aliphatic rings. The second-order valence-corrected chi connectivity index (χ2v) is 5.71. The summed E-state index contributed by atoms with van der Waals surface area (Å²) >= 11 is 0. The summed E-state index contributed by atoms with van der Waals surface area (Å²) in [6.07, 6.45) is 10.8. The van der Waals surface area contributed by atoms with Crippen molar-refractivity contribution in [3.8, 4) is 0 Å². The van der Waals surface area contributed by atoms with Crippen molar-refractivity contribution in [2.45, 2.75) is 76.5 Å². The van der Waals surface area contributed by atoms with Crippen LogP contribution in [-0.2, 0) is 9.47 Å². The Morgan fingerprint density at radius 3 is 2.72 bits per heavy atom. The molecule has 0 spiro atoms. The highest BCUT2D eigenvalue weighted by atomic mass is 16.5. The maximum Gasteiger partial charge on any atom is 0.0808 e. The Balaban J connectivity index is 1.70. The molecule has 0 aromatic heterocycles. The van der Waals surface area contributed by atoms with Gasteiger partial charge in [0.2, 0.25) is 0 Å². The molecule has 3 nitrogen and oxygen atoms in total. The molecule has 2 fully saturated rings. The lowest BCUT2D eigenvalue weighted by molar-refractivity contribution is -0.0776. The van der Waals surface area contributed by atoms with Gasteiger partial charge in [-0.25, -0.2) is 0 Å². The summed E-state index contributed by atoms with van der Waals surface area (Å²) < 4.78 is 11.9. The van der Waals surface area contributed by atoms with Crippen LogP contribution in [0.25, 0.3) is 0 Å². The van der Waals surface area contributed by atoms with E-state index in [2.05, 4.69) is 12.2 Å². The first kappa shape index (κ1) is 14.3. The molecule has 3 atom stereocenters. The quantitative estimate of drug-likeness (QED) is 0.791. The molecule has 1 saturated carbocycles. The standard InChI is InChI=1S/C15H29NO2/c1-2-10-16-14-8-3-4-9-15(14)18-12-13-7-5-6-11-17-13/h13-16H,2-12H2,1H3. The maximum atomic E-state index is 6.14. The van der Waals surface area contributed by atoms with Crippen LogP contribution in [0.3, 0.4) is 0 Å². The summed E-state index contributed by atoms with van der Waals surface area (Å²) in [7, 11) is 0. The Labute approximate surface area is 112 Å². The van der Waals surface area contributed by atoms with E-state index in [-0.39, 0.29) is 0 Å². The Morgan fingerprint density at radius 1 is 1.11 bits per heavy atom. The highest BCUT2D eigenvalue weighted by Crippen LogP contribution is 2.22. The summed E-state index contributed by atoms with van der Waals surface area (Å²) in [5.41, 5.74) is 0. The van der Waals surface area contributed by atoms with Crippen molar-refractivity contribution < 1.29 is 9.47 Å². The lowest BCUT2D eigenvalue weighted by atomic mass is 9.92. The van der Waals surface area contributed by atoms with Crippen LogP contribution in [0.1, 0.15) is 58.3 Å². The predicted octanol–water partition coefficient (Wildman–Crippen LogP) is 2.88. The molecular weight excluding hydrogens is 226 g/mol. The normalized spacial score (nSPS) is 33.5. The van der Waals surface area contributed by atoms with Gasteiger partial charge in [-0.05, 0) is 45.1 Å². The van der Waals surface area contributed by atoms with Gasteiger partial charge in [0, 0.05) is 12.6 Å². The van der Waals surface area contributed by atoms with Gasteiger partial charge in [0.05, 0.1) is 18.8 Å². The van der Waals surface area contributed by atoms with Crippen LogP contribution in [0.4, 0.5) is 0 Å². The van der Waals surface area contributed by atoms with Crippen molar-refractivity contribution >= 4 is 0 Å². The third-order valence-corrected chi connectivity index (χ3v) is 4.13. The van der Waals surface area contributed by atoms with Gasteiger partial charge in [0.25, 0.3) is 0 Å². The molecule has 0 radical (unpaired) electrons. The SMILES string of the molecule is CCCNC1CCCCC1OCC1CCCCO1. The van der Waals surface area contributed by atoms with Crippen molar-refractivity contribution in [2.24, 2.45) is 0 Å². The Morgan fingerprint density at radius 2 is 1.94 bits per heavy atom. The van der Waals surface area contributed by atoms with Crippen molar-refractivity contribution in [2.75, 3.05) is 19.8 Å². The number of hydrogen-bond acceptors (Lipinski definition) is 3. The van der Waals surface area contributed by atoms with E-state index in [0.29, 0.717) is 18.2 Å². The third kappa shape index (κ3) is 4.52. The fourth-order valence-corrected chi connectivity index (χ4v) is 3.03. The van der Waals surface area contributed by atoms with Gasteiger partial charge < -0.3 is 14.8 Å². The zero-order valence-corrected chi connectivity index (χ0v) is 11.8. The molecule has 1 aliphatic heterocycles. The molecular formula is C15H29NO2. The topological polar surface area (TPSA) is 30.5 Å². The van der Waals surface area contributed by atoms with Crippen molar-refractivity contribution in [1.29, 1.82) is 0 Å². The molecule has 0 aromatic carbocycles. The van der Waals surface area contributed by atoms with Crippen LogP contribution in [0.5, 0.6) is 0 Å². The average Bonchev–Trinajstić information content (AvgIpc) is 2.45. The van der Waals surface area contributed by atoms with E-state index >= 15 is 0 Å². The summed E-state index contributed by atoms with van der Waals surface area (Å²) in [6, 6.07) is 0.572. The van der Waals surface area contributed by atoms with Crippen LogP contribution >= 0.6 is 0 Å². The molecule has 0 bridgehead atoms. The Kier molecular flexibility index (Phi) is 6.46. The molecule has 1 N–H and O–H groups in total. The summed E-state index contributed by atoms with van der Waals surface area (Å²) in [4.78, 5) is 0. The monoisotopic (exact) mass is 255 g/mol. The first-order valence-electron chi connectivity index (χ1n) is 7.86. The third-order valence-electron chi connectivity index (χ3n) is 4.13. The van der Waals surface area contributed by atoms with E-state index in [0.717, 1.165) is 19.8 Å². The number of hydrogen-bond donors (Lipinski definition) is 1. The largest absolute Gasteiger partial charge is 0.376 e. The molecule has 1 heterocycles. The summed E-state index contributed by atoms with van der Waals surface area (Å²) in [5.74, 6) is 0. The lowest BCUT2D eigenvalue weighted by Crippen LogP contribution is -2.45. The van der Waals surface area contributed by atoms with E-state index in [4.69, 9.17) is 9.47 Å². The van der Waals surface area contributed by atoms with Gasteiger partial charge in [0.1, 0.15) is 0 Å². The van der Waals surface area contributed by atoms with Crippen molar-refractivity contribution in [1.82, 2.24) is 5.32 Å². The van der Waals surface area contributed by atoms with E-state index in [1.54, 1.807) is 0 Å². The molecule has 2 rings (SSSR count). The molecule has 3 unspecified atom stereocenters. The molecule has 106 valence electrons. The zero-order valence-electron chi connectivity index (χ0n) is 11.8. The minimum Gasteiger partial charge on any atom is -0.376 e. The number of rotatable bonds is 6. The van der Waals surface area contributed by atoms with E-state index in [1.165, 1.54) is 51.4 Å². The first-order chi connectivity index (χ1) is 8.90. The summed E-state index contributed by atoms with van der Waals surface area (Å²) in [5, 5.41) is 3.64. The second-order valence-electron chi connectivity index (χ2n) is 5.71. The van der Waals surface area contributed by atoms with E-state index in [9.17, 15) is 0 Å². The molecule has 18 heavy (non-hydrogen) atoms.